The van der Waals surface area contributed by atoms with Crippen LogP contribution in [0.15, 0.2) is 59.6 Å². The molecule has 8 amide bonds. The van der Waals surface area contributed by atoms with E-state index in [0.29, 0.717) is 11.1 Å². The molecule has 0 aliphatic carbocycles. The van der Waals surface area contributed by atoms with Crippen molar-refractivity contribution in [3.8, 4) is 5.75 Å². The first kappa shape index (κ1) is 58.7. The molecule has 2 aromatic rings. The summed E-state index contributed by atoms with van der Waals surface area (Å²) in [6.45, 7) is 5.98. The number of rotatable bonds is 29. The molecule has 0 spiro atoms. The fraction of sp³-hybridized carbons (Fsp3) is 0.511. The van der Waals surface area contributed by atoms with Crippen molar-refractivity contribution in [2.75, 3.05) is 19.7 Å². The molecule has 18 N–H and O–H groups in total. The quantitative estimate of drug-likeness (QED) is 0.0208. The van der Waals surface area contributed by atoms with E-state index in [1.807, 2.05) is 0 Å². The molecule has 0 unspecified atom stereocenters. The van der Waals surface area contributed by atoms with Gasteiger partial charge in [-0.25, -0.2) is 4.79 Å². The van der Waals surface area contributed by atoms with Crippen LogP contribution >= 0.6 is 0 Å². The van der Waals surface area contributed by atoms with E-state index in [0.717, 1.165) is 0 Å². The van der Waals surface area contributed by atoms with Crippen molar-refractivity contribution < 1.29 is 63.6 Å². The van der Waals surface area contributed by atoms with Crippen LogP contribution < -0.4 is 59.7 Å². The Bertz CT molecular complexity index is 2120. The molecule has 70 heavy (non-hydrogen) atoms. The first-order valence-corrected chi connectivity index (χ1v) is 22.5. The number of aliphatic hydroxyl groups excluding tert-OH is 2. The van der Waals surface area contributed by atoms with Gasteiger partial charge in [-0.05, 0) is 69.2 Å². The second kappa shape index (κ2) is 29.5. The molecule has 2 rings (SSSR count). The number of phenolic OH excluding ortho intramolecular Hbond substituents is 1. The number of nitrogens with one attached hydrogen (secondary N) is 8. The number of carboxylic acids is 1. The number of aliphatic imine (C=N–C) groups is 1. The lowest BCUT2D eigenvalue weighted by Gasteiger charge is -2.26. The Morgan fingerprint density at radius 1 is 0.614 bits per heavy atom. The lowest BCUT2D eigenvalue weighted by Crippen LogP contribution is -2.60. The van der Waals surface area contributed by atoms with Crippen molar-refractivity contribution in [2.24, 2.45) is 28.1 Å². The van der Waals surface area contributed by atoms with Gasteiger partial charge in [0.2, 0.25) is 47.3 Å². The smallest absolute Gasteiger partial charge is 0.326 e. The number of guanidine groups is 1. The minimum absolute atomic E-state index is 0.0311. The third-order valence-electron chi connectivity index (χ3n) is 10.4. The van der Waals surface area contributed by atoms with E-state index >= 15 is 0 Å². The average Bonchev–Trinajstić information content (AvgIpc) is 3.30. The molecule has 0 saturated heterocycles. The van der Waals surface area contributed by atoms with Gasteiger partial charge in [-0.15, -0.1) is 0 Å². The number of amides is 8. The molecule has 0 saturated carbocycles. The van der Waals surface area contributed by atoms with Gasteiger partial charge in [0.1, 0.15) is 54.1 Å². The van der Waals surface area contributed by atoms with Gasteiger partial charge >= 0.3 is 5.97 Å². The summed E-state index contributed by atoms with van der Waals surface area (Å²) in [5, 5.41) is 58.3. The van der Waals surface area contributed by atoms with Crippen molar-refractivity contribution in [2.45, 2.75) is 121 Å². The molecule has 9 atom stereocenters. The molecule has 25 nitrogen and oxygen atoms in total. The molecule has 386 valence electrons. The number of carboxylic acid groups (broad SMARTS) is 1. The molecular weight excluding hydrogens is 917 g/mol. The van der Waals surface area contributed by atoms with Gasteiger partial charge in [0, 0.05) is 19.4 Å². The third-order valence-corrected chi connectivity index (χ3v) is 10.4. The van der Waals surface area contributed by atoms with Crippen LogP contribution in [0.1, 0.15) is 65.0 Å². The number of hydrogen-bond donors (Lipinski definition) is 15. The Hall–Kier alpha value is -7.38. The Morgan fingerprint density at radius 2 is 1.14 bits per heavy atom. The molecule has 0 fully saturated rings. The molecule has 0 radical (unpaired) electrons. The zero-order valence-electron chi connectivity index (χ0n) is 39.8. The van der Waals surface area contributed by atoms with Crippen LogP contribution in [-0.2, 0) is 56.0 Å². The van der Waals surface area contributed by atoms with Crippen LogP contribution in [-0.4, -0.2) is 154 Å². The van der Waals surface area contributed by atoms with Gasteiger partial charge in [-0.3, -0.25) is 43.3 Å². The summed E-state index contributed by atoms with van der Waals surface area (Å²) in [6.07, 6.45) is -1.49. The molecular formula is C45H68N12O13. The van der Waals surface area contributed by atoms with Crippen molar-refractivity contribution in [1.82, 2.24) is 42.5 Å². The highest BCUT2D eigenvalue weighted by atomic mass is 16.4. The van der Waals surface area contributed by atoms with Crippen LogP contribution in [0.25, 0.3) is 0 Å². The summed E-state index contributed by atoms with van der Waals surface area (Å²) in [7, 11) is 0. The second-order valence-electron chi connectivity index (χ2n) is 17.0. The van der Waals surface area contributed by atoms with E-state index in [-0.39, 0.29) is 56.3 Å². The number of carbonyl (C=O) groups excluding carboxylic acids is 8. The lowest BCUT2D eigenvalue weighted by molar-refractivity contribution is -0.142. The van der Waals surface area contributed by atoms with Crippen molar-refractivity contribution in [3.63, 3.8) is 0 Å². The maximum Gasteiger partial charge on any atom is 0.326 e. The zero-order chi connectivity index (χ0) is 52.7. The minimum Gasteiger partial charge on any atom is -0.508 e. The molecule has 0 bridgehead atoms. The Morgan fingerprint density at radius 3 is 1.67 bits per heavy atom. The molecule has 25 heteroatoms. The number of phenols is 1. The number of carbonyl (C=O) groups is 9. The number of nitrogens with zero attached hydrogens (tertiary/aromatic N) is 1. The van der Waals surface area contributed by atoms with Gasteiger partial charge in [-0.2, -0.15) is 0 Å². The monoisotopic (exact) mass is 985 g/mol. The Balaban J connectivity index is 2.19. The summed E-state index contributed by atoms with van der Waals surface area (Å²) in [5.74, 6) is -8.69. The zero-order valence-corrected chi connectivity index (χ0v) is 39.8. The fourth-order valence-electron chi connectivity index (χ4n) is 6.50. The topological polar surface area (TPSA) is 421 Å². The SMILES string of the molecule is CC(C)C[C@H](NC(=O)[C@@H](NC(=O)[C@@H](N)CO)[C@@H](C)O)C(=O)NCC(=O)N[C@@H](CCCN=C(N)N)C(=O)N[C@@H](C)C(=O)N[C@@H](Cc1ccccc1)C(=O)N[C@@H](C)C(=O)N[C@@H](Cc1ccc(O)cc1)C(=O)O. The number of benzene rings is 2. The lowest BCUT2D eigenvalue weighted by atomic mass is 10.0. The van der Waals surface area contributed by atoms with Crippen LogP contribution in [0, 0.1) is 5.92 Å². The van der Waals surface area contributed by atoms with Gasteiger partial charge in [0.15, 0.2) is 5.96 Å². The second-order valence-corrected chi connectivity index (χ2v) is 17.0. The van der Waals surface area contributed by atoms with E-state index in [1.165, 1.54) is 45.0 Å². The van der Waals surface area contributed by atoms with E-state index in [1.54, 1.807) is 44.2 Å². The standard InChI is InChI=1S/C45H68N12O13/c1-23(2)18-32(55-43(68)36(26(5)59)57-39(64)30(46)22-58)40(65)50-21-35(61)53-31(12-9-17-49-45(47)48)41(66)51-24(3)37(62)54-33(19-27-10-7-6-8-11-27)42(67)52-25(4)38(63)56-34(44(69)70)20-28-13-15-29(60)16-14-28/h6-8,10-11,13-16,23-26,30-34,36,58-60H,9,12,17-22,46H2,1-5H3,(H,50,65)(H,51,66)(H,52,67)(H,53,61)(H,54,62)(H,55,68)(H,56,63)(H,57,64)(H,69,70)(H4,47,48,49)/t24-,25-,26+,30-,31-,32-,33-,34-,36-/m0/s1. The average molecular weight is 985 g/mol. The first-order valence-electron chi connectivity index (χ1n) is 22.5. The summed E-state index contributed by atoms with van der Waals surface area (Å²) in [4.78, 5) is 122. The molecule has 0 aliphatic rings. The third kappa shape index (κ3) is 21.3. The molecule has 0 aromatic heterocycles. The van der Waals surface area contributed by atoms with E-state index in [4.69, 9.17) is 17.2 Å². The Labute approximate surface area is 404 Å². The Kier molecular flexibility index (Phi) is 24.8. The summed E-state index contributed by atoms with van der Waals surface area (Å²) < 4.78 is 0. The molecule has 2 aromatic carbocycles. The van der Waals surface area contributed by atoms with Crippen LogP contribution in [0.5, 0.6) is 5.75 Å². The fourth-order valence-corrected chi connectivity index (χ4v) is 6.50. The van der Waals surface area contributed by atoms with E-state index in [2.05, 4.69) is 47.5 Å². The number of nitrogens with two attached hydrogens (primary N) is 3. The number of aliphatic carboxylic acids is 1. The maximum atomic E-state index is 13.7. The number of hydrogen-bond acceptors (Lipinski definition) is 14. The highest BCUT2D eigenvalue weighted by Crippen LogP contribution is 2.12. The number of aliphatic hydroxyl groups is 2. The van der Waals surface area contributed by atoms with Gasteiger partial charge in [0.05, 0.1) is 19.3 Å². The van der Waals surface area contributed by atoms with Gasteiger partial charge < -0.3 is 80.2 Å². The van der Waals surface area contributed by atoms with Crippen LogP contribution in [0.4, 0.5) is 0 Å². The van der Waals surface area contributed by atoms with Crippen molar-refractivity contribution in [1.29, 1.82) is 0 Å². The van der Waals surface area contributed by atoms with Crippen molar-refractivity contribution >= 4 is 59.2 Å². The van der Waals surface area contributed by atoms with E-state index in [9.17, 15) is 63.6 Å². The van der Waals surface area contributed by atoms with Crippen LogP contribution in [0.3, 0.4) is 0 Å². The highest BCUT2D eigenvalue weighted by Gasteiger charge is 2.33. The normalized spacial score (nSPS) is 14.8. The van der Waals surface area contributed by atoms with E-state index < -0.39 is 121 Å². The molecule has 0 aliphatic heterocycles. The van der Waals surface area contributed by atoms with Gasteiger partial charge in [-0.1, -0.05) is 56.3 Å². The summed E-state index contributed by atoms with van der Waals surface area (Å²) >= 11 is 0. The first-order chi connectivity index (χ1) is 32.9. The summed E-state index contributed by atoms with van der Waals surface area (Å²) in [5.41, 5.74) is 17.5. The predicted molar refractivity (Wildman–Crippen MR) is 254 cm³/mol. The maximum absolute atomic E-state index is 13.7. The van der Waals surface area contributed by atoms with Gasteiger partial charge in [0.25, 0.3) is 0 Å². The predicted octanol–water partition coefficient (Wildman–Crippen LogP) is -4.39. The van der Waals surface area contributed by atoms with Crippen molar-refractivity contribution in [3.05, 3.63) is 65.7 Å². The highest BCUT2D eigenvalue weighted by molar-refractivity contribution is 5.97. The summed E-state index contributed by atoms with van der Waals surface area (Å²) in [6, 6.07) is 3.40. The minimum atomic E-state index is -1.56. The number of aromatic hydroxyl groups is 1. The molecule has 0 heterocycles. The largest absolute Gasteiger partial charge is 0.508 e. The van der Waals surface area contributed by atoms with Crippen LogP contribution in [0.2, 0.25) is 0 Å².